The highest BCUT2D eigenvalue weighted by molar-refractivity contribution is 7.94. The van der Waals surface area contributed by atoms with Crippen molar-refractivity contribution in [2.24, 2.45) is 5.92 Å². The molecule has 0 bridgehead atoms. The van der Waals surface area contributed by atoms with E-state index in [2.05, 4.69) is 4.72 Å². The lowest BCUT2D eigenvalue weighted by Gasteiger charge is -2.15. The summed E-state index contributed by atoms with van der Waals surface area (Å²) in [4.78, 5) is 12.0. The average molecular weight is 412 g/mol. The zero-order chi connectivity index (χ0) is 19.8. The number of halogens is 1. The molecule has 1 amide bonds. The van der Waals surface area contributed by atoms with Crippen LogP contribution in [-0.2, 0) is 31.4 Å². The third-order valence-electron chi connectivity index (χ3n) is 4.12. The van der Waals surface area contributed by atoms with Crippen LogP contribution in [0.1, 0.15) is 12.5 Å². The van der Waals surface area contributed by atoms with Crippen molar-refractivity contribution in [3.05, 3.63) is 59.9 Å². The van der Waals surface area contributed by atoms with Crippen molar-refractivity contribution in [1.82, 2.24) is 4.72 Å². The third kappa shape index (κ3) is 4.02. The molecule has 1 N–H and O–H groups in total. The molecule has 0 unspecified atom stereocenters. The van der Waals surface area contributed by atoms with Crippen LogP contribution in [0, 0.1) is 11.7 Å². The van der Waals surface area contributed by atoms with Crippen molar-refractivity contribution in [2.45, 2.75) is 18.4 Å². The molecule has 1 aliphatic rings. The summed E-state index contributed by atoms with van der Waals surface area (Å²) in [7, 11) is -7.61. The topological polar surface area (TPSA) is 101 Å². The smallest absolute Gasteiger partial charge is 0.244 e. The minimum atomic E-state index is -3.86. The molecule has 2 aromatic carbocycles. The first-order valence-electron chi connectivity index (χ1n) is 8.01. The normalized spacial score (nSPS) is 19.4. The Hall–Kier alpha value is -2.30. The Morgan fingerprint density at radius 3 is 2.22 bits per heavy atom. The second-order valence-corrected chi connectivity index (χ2v) is 9.86. The third-order valence-corrected chi connectivity index (χ3v) is 7.41. The molecule has 27 heavy (non-hydrogen) atoms. The maximum Gasteiger partial charge on any atom is 0.244 e. The number of carbonyl (C=O) groups excluding carboxylic acids is 1. The molecule has 1 aliphatic heterocycles. The Labute approximate surface area is 156 Å². The predicted molar refractivity (Wildman–Crippen MR) is 97.3 cm³/mol. The number of benzene rings is 2. The zero-order valence-electron chi connectivity index (χ0n) is 14.3. The molecule has 2 aromatic rings. The fourth-order valence-electron chi connectivity index (χ4n) is 2.71. The van der Waals surface area contributed by atoms with E-state index in [1.165, 1.54) is 55.5 Å². The van der Waals surface area contributed by atoms with Gasteiger partial charge in [-0.15, -0.1) is 0 Å². The van der Waals surface area contributed by atoms with E-state index in [4.69, 9.17) is 0 Å². The molecular formula is C17H17FN2O5S2. The van der Waals surface area contributed by atoms with Gasteiger partial charge in [-0.2, -0.15) is 0 Å². The van der Waals surface area contributed by atoms with Gasteiger partial charge in [0.25, 0.3) is 0 Å². The lowest BCUT2D eigenvalue weighted by Crippen LogP contribution is -2.30. The molecule has 0 aliphatic carbocycles. The van der Waals surface area contributed by atoms with E-state index in [0.29, 0.717) is 9.87 Å². The summed E-state index contributed by atoms with van der Waals surface area (Å²) in [5.74, 6) is -1.88. The van der Waals surface area contributed by atoms with Crippen LogP contribution in [0.2, 0.25) is 0 Å². The molecule has 0 radical (unpaired) electrons. The van der Waals surface area contributed by atoms with Gasteiger partial charge in [0.2, 0.25) is 26.0 Å². The second kappa shape index (κ2) is 7.02. The van der Waals surface area contributed by atoms with E-state index >= 15 is 0 Å². The lowest BCUT2D eigenvalue weighted by atomic mass is 10.2. The summed E-state index contributed by atoms with van der Waals surface area (Å²) in [6.45, 7) is 1.50. The summed E-state index contributed by atoms with van der Waals surface area (Å²) in [6.07, 6.45) is 0. The predicted octanol–water partition coefficient (Wildman–Crippen LogP) is 1.62. The van der Waals surface area contributed by atoms with Crippen LogP contribution in [0.15, 0.2) is 53.4 Å². The van der Waals surface area contributed by atoms with Crippen LogP contribution in [0.3, 0.4) is 0 Å². The van der Waals surface area contributed by atoms with Gasteiger partial charge >= 0.3 is 0 Å². The number of carbonyl (C=O) groups is 1. The summed E-state index contributed by atoms with van der Waals surface area (Å²) in [6, 6.07) is 10.4. The van der Waals surface area contributed by atoms with Crippen LogP contribution >= 0.6 is 0 Å². The summed E-state index contributed by atoms with van der Waals surface area (Å²) < 4.78 is 64.9. The van der Waals surface area contributed by atoms with Crippen LogP contribution in [0.4, 0.5) is 10.1 Å². The van der Waals surface area contributed by atoms with Crippen LogP contribution in [0.25, 0.3) is 0 Å². The Kier molecular flexibility index (Phi) is 5.06. The Morgan fingerprint density at radius 2 is 1.70 bits per heavy atom. The van der Waals surface area contributed by atoms with Crippen molar-refractivity contribution < 1.29 is 26.0 Å². The van der Waals surface area contributed by atoms with Gasteiger partial charge in [-0.1, -0.05) is 19.1 Å². The van der Waals surface area contributed by atoms with E-state index < -0.39 is 37.7 Å². The number of nitrogens with zero attached hydrogens (tertiary/aromatic N) is 1. The standard InChI is InChI=1S/C17H17FN2O5S2/c1-12-11-26(22,23)20(17(12)21)15-6-8-16(9-7-15)27(24,25)19-10-13-2-4-14(18)5-3-13/h2-9,12,19H,10-11H2,1H3/t12-/m1/s1. The number of amides is 1. The molecular weight excluding hydrogens is 395 g/mol. The van der Waals surface area contributed by atoms with Gasteiger partial charge < -0.3 is 0 Å². The fraction of sp³-hybridized carbons (Fsp3) is 0.235. The zero-order valence-corrected chi connectivity index (χ0v) is 15.9. The Morgan fingerprint density at radius 1 is 1.11 bits per heavy atom. The van der Waals surface area contributed by atoms with Gasteiger partial charge in [0.1, 0.15) is 5.82 Å². The second-order valence-electron chi connectivity index (χ2n) is 6.23. The first kappa shape index (κ1) is 19.5. The van der Waals surface area contributed by atoms with Crippen molar-refractivity contribution in [1.29, 1.82) is 0 Å². The highest BCUT2D eigenvalue weighted by Gasteiger charge is 2.41. The molecule has 0 saturated carbocycles. The molecule has 0 aromatic heterocycles. The van der Waals surface area contributed by atoms with Crippen molar-refractivity contribution >= 4 is 31.6 Å². The molecule has 3 rings (SSSR count). The first-order valence-corrected chi connectivity index (χ1v) is 11.1. The number of hydrogen-bond donors (Lipinski definition) is 1. The van der Waals surface area contributed by atoms with Gasteiger partial charge in [-0.3, -0.25) is 4.79 Å². The SMILES string of the molecule is C[C@@H]1CS(=O)(=O)N(c2ccc(S(=O)(=O)NCc3ccc(F)cc3)cc2)C1=O. The molecule has 1 heterocycles. The molecule has 1 fully saturated rings. The summed E-state index contributed by atoms with van der Waals surface area (Å²) in [5, 5.41) is 0. The monoisotopic (exact) mass is 412 g/mol. The number of nitrogens with one attached hydrogen (secondary N) is 1. The fourth-order valence-corrected chi connectivity index (χ4v) is 5.55. The summed E-state index contributed by atoms with van der Waals surface area (Å²) >= 11 is 0. The van der Waals surface area contributed by atoms with Gasteiger partial charge in [0.15, 0.2) is 0 Å². The van der Waals surface area contributed by atoms with E-state index in [1.807, 2.05) is 0 Å². The van der Waals surface area contributed by atoms with Gasteiger partial charge in [0, 0.05) is 6.54 Å². The molecule has 0 spiro atoms. The van der Waals surface area contributed by atoms with E-state index in [9.17, 15) is 26.0 Å². The Bertz CT molecular complexity index is 1070. The quantitative estimate of drug-likeness (QED) is 0.804. The van der Waals surface area contributed by atoms with Crippen molar-refractivity contribution in [3.63, 3.8) is 0 Å². The number of hydrogen-bond acceptors (Lipinski definition) is 5. The summed E-state index contributed by atoms with van der Waals surface area (Å²) in [5.41, 5.74) is 0.682. The number of rotatable bonds is 5. The Balaban J connectivity index is 1.78. The van der Waals surface area contributed by atoms with Crippen LogP contribution < -0.4 is 9.03 Å². The maximum atomic E-state index is 12.9. The minimum absolute atomic E-state index is 0.0269. The van der Waals surface area contributed by atoms with Gasteiger partial charge in [-0.05, 0) is 42.0 Å². The van der Waals surface area contributed by atoms with E-state index in [1.54, 1.807) is 0 Å². The van der Waals surface area contributed by atoms with Gasteiger partial charge in [0.05, 0.1) is 22.3 Å². The molecule has 1 saturated heterocycles. The van der Waals surface area contributed by atoms with Gasteiger partial charge in [-0.25, -0.2) is 30.3 Å². The van der Waals surface area contributed by atoms with Crippen LogP contribution in [-0.4, -0.2) is 28.5 Å². The van der Waals surface area contributed by atoms with E-state index in [0.717, 1.165) is 0 Å². The molecule has 1 atom stereocenters. The average Bonchev–Trinajstić information content (AvgIpc) is 2.82. The molecule has 7 nitrogen and oxygen atoms in total. The van der Waals surface area contributed by atoms with E-state index in [-0.39, 0.29) is 22.9 Å². The first-order chi connectivity index (χ1) is 12.6. The van der Waals surface area contributed by atoms with Crippen molar-refractivity contribution in [3.8, 4) is 0 Å². The lowest BCUT2D eigenvalue weighted by molar-refractivity contribution is -0.119. The number of sulfonamides is 2. The highest BCUT2D eigenvalue weighted by Crippen LogP contribution is 2.28. The maximum absolute atomic E-state index is 12.9. The largest absolute Gasteiger partial charge is 0.273 e. The molecule has 10 heteroatoms. The highest BCUT2D eigenvalue weighted by atomic mass is 32.2. The van der Waals surface area contributed by atoms with Crippen LogP contribution in [0.5, 0.6) is 0 Å². The van der Waals surface area contributed by atoms with Crippen molar-refractivity contribution in [2.75, 3.05) is 10.1 Å². The molecule has 144 valence electrons. The number of anilines is 1. The minimum Gasteiger partial charge on any atom is -0.273 e.